The number of carbonyl (C=O) groups is 1. The molecule has 0 aromatic carbocycles. The first kappa shape index (κ1) is 11.8. The number of aromatic nitrogens is 2. The molecular formula is C12H18N4O. The Morgan fingerprint density at radius 3 is 2.59 bits per heavy atom. The van der Waals surface area contributed by atoms with Crippen molar-refractivity contribution >= 4 is 11.9 Å². The summed E-state index contributed by atoms with van der Waals surface area (Å²) in [7, 11) is 1.84. The molecule has 0 bridgehead atoms. The lowest BCUT2D eigenvalue weighted by atomic mass is 10.1. The molecule has 2 rings (SSSR count). The van der Waals surface area contributed by atoms with Gasteiger partial charge in [-0.1, -0.05) is 0 Å². The Morgan fingerprint density at radius 1 is 1.29 bits per heavy atom. The number of hydrogen-bond acceptors (Lipinski definition) is 4. The fraction of sp³-hybridized carbons (Fsp3) is 0.583. The van der Waals surface area contributed by atoms with E-state index < -0.39 is 0 Å². The zero-order valence-corrected chi connectivity index (χ0v) is 10.2. The maximum Gasteiger partial charge on any atom is 0.242 e. The summed E-state index contributed by atoms with van der Waals surface area (Å²) < 4.78 is 0. The zero-order valence-electron chi connectivity index (χ0n) is 10.2. The van der Waals surface area contributed by atoms with Crippen molar-refractivity contribution < 1.29 is 4.79 Å². The van der Waals surface area contributed by atoms with Gasteiger partial charge in [-0.25, -0.2) is 9.97 Å². The average Bonchev–Trinajstić information content (AvgIpc) is 2.40. The van der Waals surface area contributed by atoms with Gasteiger partial charge in [0.05, 0.1) is 6.54 Å². The van der Waals surface area contributed by atoms with Crippen LogP contribution in [-0.4, -0.2) is 47.5 Å². The number of rotatable bonds is 3. The van der Waals surface area contributed by atoms with Crippen LogP contribution in [-0.2, 0) is 4.79 Å². The molecule has 1 aromatic rings. The molecular weight excluding hydrogens is 216 g/mol. The van der Waals surface area contributed by atoms with E-state index in [2.05, 4.69) is 9.97 Å². The van der Waals surface area contributed by atoms with Crippen molar-refractivity contribution in [2.24, 2.45) is 0 Å². The van der Waals surface area contributed by atoms with Gasteiger partial charge >= 0.3 is 0 Å². The Balaban J connectivity index is 1.89. The fourth-order valence-electron chi connectivity index (χ4n) is 2.01. The van der Waals surface area contributed by atoms with E-state index in [4.69, 9.17) is 0 Å². The molecule has 2 heterocycles. The van der Waals surface area contributed by atoms with Gasteiger partial charge in [0.1, 0.15) is 0 Å². The Morgan fingerprint density at radius 2 is 1.94 bits per heavy atom. The van der Waals surface area contributed by atoms with E-state index in [0.717, 1.165) is 25.9 Å². The highest BCUT2D eigenvalue weighted by atomic mass is 16.2. The minimum absolute atomic E-state index is 0.166. The van der Waals surface area contributed by atoms with E-state index in [-0.39, 0.29) is 5.91 Å². The fourth-order valence-corrected chi connectivity index (χ4v) is 2.01. The molecule has 0 saturated carbocycles. The van der Waals surface area contributed by atoms with Gasteiger partial charge in [0.25, 0.3) is 0 Å². The van der Waals surface area contributed by atoms with Crippen LogP contribution in [0.3, 0.4) is 0 Å². The van der Waals surface area contributed by atoms with Gasteiger partial charge in [-0.3, -0.25) is 4.79 Å². The van der Waals surface area contributed by atoms with Crippen LogP contribution >= 0.6 is 0 Å². The molecule has 0 atom stereocenters. The summed E-state index contributed by atoms with van der Waals surface area (Å²) in [5.74, 6) is 0.762. The van der Waals surface area contributed by atoms with Crippen LogP contribution in [0, 0.1) is 0 Å². The summed E-state index contributed by atoms with van der Waals surface area (Å²) in [5, 5.41) is 0. The highest BCUT2D eigenvalue weighted by molar-refractivity contribution is 5.80. The first-order valence-corrected chi connectivity index (χ1v) is 6.03. The van der Waals surface area contributed by atoms with Crippen molar-refractivity contribution in [3.63, 3.8) is 0 Å². The molecule has 0 aliphatic carbocycles. The molecule has 1 amide bonds. The van der Waals surface area contributed by atoms with E-state index in [9.17, 15) is 4.79 Å². The predicted octanol–water partition coefficient (Wildman–Crippen LogP) is 0.925. The van der Waals surface area contributed by atoms with Gasteiger partial charge in [0, 0.05) is 32.5 Å². The Labute approximate surface area is 101 Å². The van der Waals surface area contributed by atoms with Crippen molar-refractivity contribution in [3.8, 4) is 0 Å². The van der Waals surface area contributed by atoms with Crippen molar-refractivity contribution in [2.75, 3.05) is 31.6 Å². The number of anilines is 1. The van der Waals surface area contributed by atoms with Crippen molar-refractivity contribution in [3.05, 3.63) is 18.5 Å². The lowest BCUT2D eigenvalue weighted by Gasteiger charge is -2.28. The third kappa shape index (κ3) is 3.15. The van der Waals surface area contributed by atoms with Gasteiger partial charge in [-0.2, -0.15) is 0 Å². The molecule has 1 fully saturated rings. The number of nitrogens with zero attached hydrogens (tertiary/aromatic N) is 4. The second kappa shape index (κ2) is 5.61. The van der Waals surface area contributed by atoms with Gasteiger partial charge < -0.3 is 9.80 Å². The normalized spacial score (nSPS) is 15.7. The first-order chi connectivity index (χ1) is 8.27. The summed E-state index contributed by atoms with van der Waals surface area (Å²) in [4.78, 5) is 24.0. The van der Waals surface area contributed by atoms with Crippen molar-refractivity contribution in [1.82, 2.24) is 14.9 Å². The molecule has 5 heteroatoms. The average molecular weight is 234 g/mol. The van der Waals surface area contributed by atoms with E-state index in [0.29, 0.717) is 12.5 Å². The molecule has 0 radical (unpaired) electrons. The second-order valence-electron chi connectivity index (χ2n) is 4.35. The van der Waals surface area contributed by atoms with Gasteiger partial charge in [-0.05, 0) is 25.3 Å². The molecule has 1 aromatic heterocycles. The lowest BCUT2D eigenvalue weighted by molar-refractivity contribution is -0.130. The summed E-state index contributed by atoms with van der Waals surface area (Å²) in [6, 6.07) is 1.77. The van der Waals surface area contributed by atoms with Gasteiger partial charge in [0.2, 0.25) is 11.9 Å². The second-order valence-corrected chi connectivity index (χ2v) is 4.35. The minimum atomic E-state index is 0.166. The van der Waals surface area contributed by atoms with Crippen LogP contribution in [0.25, 0.3) is 0 Å². The molecule has 0 unspecified atom stereocenters. The van der Waals surface area contributed by atoms with E-state index in [1.165, 1.54) is 6.42 Å². The van der Waals surface area contributed by atoms with Crippen LogP contribution in [0.4, 0.5) is 5.95 Å². The summed E-state index contributed by atoms with van der Waals surface area (Å²) >= 11 is 0. The molecule has 17 heavy (non-hydrogen) atoms. The number of piperidine rings is 1. The molecule has 0 N–H and O–H groups in total. The third-order valence-electron chi connectivity index (χ3n) is 2.97. The Bertz CT molecular complexity index is 362. The number of likely N-dealkylation sites (N-methyl/N-ethyl adjacent to an activating group) is 1. The molecule has 92 valence electrons. The molecule has 1 saturated heterocycles. The van der Waals surface area contributed by atoms with E-state index in [1.807, 2.05) is 11.9 Å². The first-order valence-electron chi connectivity index (χ1n) is 6.03. The third-order valence-corrected chi connectivity index (χ3v) is 2.97. The van der Waals surface area contributed by atoms with Crippen LogP contribution in [0.1, 0.15) is 19.3 Å². The van der Waals surface area contributed by atoms with Crippen LogP contribution in [0.2, 0.25) is 0 Å². The SMILES string of the molecule is CN(CC(=O)N1CCCCC1)c1ncccn1. The molecule has 1 aliphatic rings. The van der Waals surface area contributed by atoms with Crippen molar-refractivity contribution in [2.45, 2.75) is 19.3 Å². The summed E-state index contributed by atoms with van der Waals surface area (Å²) in [5.41, 5.74) is 0. The van der Waals surface area contributed by atoms with Crippen LogP contribution in [0.15, 0.2) is 18.5 Å². The summed E-state index contributed by atoms with van der Waals surface area (Å²) in [6.45, 7) is 2.13. The predicted molar refractivity (Wildman–Crippen MR) is 65.7 cm³/mol. The quantitative estimate of drug-likeness (QED) is 0.780. The number of likely N-dealkylation sites (tertiary alicyclic amines) is 1. The minimum Gasteiger partial charge on any atom is -0.341 e. The monoisotopic (exact) mass is 234 g/mol. The summed E-state index contributed by atoms with van der Waals surface area (Å²) in [6.07, 6.45) is 6.85. The van der Waals surface area contributed by atoms with E-state index in [1.54, 1.807) is 23.4 Å². The van der Waals surface area contributed by atoms with Gasteiger partial charge in [-0.15, -0.1) is 0 Å². The van der Waals surface area contributed by atoms with Crippen molar-refractivity contribution in [1.29, 1.82) is 0 Å². The lowest BCUT2D eigenvalue weighted by Crippen LogP contribution is -2.42. The smallest absolute Gasteiger partial charge is 0.242 e. The molecule has 0 spiro atoms. The Kier molecular flexibility index (Phi) is 3.90. The van der Waals surface area contributed by atoms with Crippen LogP contribution < -0.4 is 4.90 Å². The number of hydrogen-bond donors (Lipinski definition) is 0. The maximum atomic E-state index is 12.0. The van der Waals surface area contributed by atoms with E-state index >= 15 is 0 Å². The molecule has 5 nitrogen and oxygen atoms in total. The highest BCUT2D eigenvalue weighted by Gasteiger charge is 2.18. The zero-order chi connectivity index (χ0) is 12.1. The largest absolute Gasteiger partial charge is 0.341 e. The standard InChI is InChI=1S/C12H18N4O/c1-15(12-13-6-5-7-14-12)10-11(17)16-8-3-2-4-9-16/h5-7H,2-4,8-10H2,1H3. The number of amides is 1. The molecule has 1 aliphatic heterocycles. The topological polar surface area (TPSA) is 49.3 Å². The number of carbonyl (C=O) groups excluding carboxylic acids is 1. The maximum absolute atomic E-state index is 12.0. The van der Waals surface area contributed by atoms with Gasteiger partial charge in [0.15, 0.2) is 0 Å². The Hall–Kier alpha value is -1.65. The highest BCUT2D eigenvalue weighted by Crippen LogP contribution is 2.10. The van der Waals surface area contributed by atoms with Crippen LogP contribution in [0.5, 0.6) is 0 Å².